The third-order valence-electron chi connectivity index (χ3n) is 12.3. The molecule has 4 atom stereocenters. The minimum absolute atomic E-state index is 0.0363. The van der Waals surface area contributed by atoms with E-state index in [2.05, 4.69) is 23.3 Å². The van der Waals surface area contributed by atoms with Gasteiger partial charge in [0.2, 0.25) is 27.6 Å². The Hall–Kier alpha value is -6.35. The number of aryl methyl sites for hydroxylation is 1. The highest BCUT2D eigenvalue weighted by Crippen LogP contribution is 2.33. The van der Waals surface area contributed by atoms with Crippen molar-refractivity contribution in [2.24, 2.45) is 5.41 Å². The Morgan fingerprint density at radius 2 is 1.66 bits per heavy atom. The molecule has 0 aromatic heterocycles. The molecule has 4 N–H and O–H groups in total. The monoisotopic (exact) mass is 1010 g/mol. The van der Waals surface area contributed by atoms with Gasteiger partial charge in [0.15, 0.2) is 11.5 Å². The van der Waals surface area contributed by atoms with Gasteiger partial charge in [0.1, 0.15) is 30.5 Å². The number of carbonyl (C=O) groups excluding carboxylic acids is 6. The molecule has 5 amide bonds. The number of methoxy groups -OCH3 is 2. The summed E-state index contributed by atoms with van der Waals surface area (Å²) < 4.78 is 50.6. The quantitative estimate of drug-likeness (QED) is 0.0349. The lowest BCUT2D eigenvalue weighted by molar-refractivity contribution is -0.164. The van der Waals surface area contributed by atoms with Crippen LogP contribution < -0.4 is 29.6 Å². The minimum Gasteiger partial charge on any atom is -0.493 e. The lowest BCUT2D eigenvalue weighted by atomic mass is 9.84. The number of piperidine rings is 1. The fraction of sp³-hybridized carbons (Fsp3) is 0.490. The Balaban J connectivity index is 1.14. The summed E-state index contributed by atoms with van der Waals surface area (Å²) in [7, 11) is -1.09. The second kappa shape index (κ2) is 25.0. The third kappa shape index (κ3) is 15.1. The van der Waals surface area contributed by atoms with Crippen LogP contribution in [0.25, 0.3) is 0 Å². The van der Waals surface area contributed by atoms with Crippen LogP contribution in [-0.4, -0.2) is 128 Å². The molecule has 0 bridgehead atoms. The molecule has 21 heteroatoms. The molecule has 2 aliphatic rings. The zero-order chi connectivity index (χ0) is 51.2. The Bertz CT molecular complexity index is 2500. The van der Waals surface area contributed by atoms with Gasteiger partial charge < -0.3 is 39.6 Å². The van der Waals surface area contributed by atoms with Gasteiger partial charge in [0.25, 0.3) is 11.8 Å². The van der Waals surface area contributed by atoms with Crippen LogP contribution in [0.1, 0.15) is 99.7 Å². The normalized spacial score (nSPS) is 17.4. The zero-order valence-corrected chi connectivity index (χ0v) is 41.8. The van der Waals surface area contributed by atoms with Gasteiger partial charge in [-0.25, -0.2) is 22.7 Å². The molecule has 2 saturated heterocycles. The molecule has 0 unspecified atom stereocenters. The fourth-order valence-corrected chi connectivity index (χ4v) is 9.41. The number of nitrogens with one attached hydrogen (secondary N) is 3. The number of ether oxygens (including phenoxy) is 4. The predicted octanol–water partition coefficient (Wildman–Crippen LogP) is 5.33. The molecule has 2 heterocycles. The highest BCUT2D eigenvalue weighted by Gasteiger charge is 2.42. The van der Waals surface area contributed by atoms with Crippen LogP contribution in [0.5, 0.6) is 17.2 Å². The largest absolute Gasteiger partial charge is 0.493 e. The SMILES string of the molecule is CCC(C)(C)C(=O)C(=O)N1CCCC[C@H]1C(=O)O[C@H](CCc1ccc(OC)c(OC)c1)c1cccc(OCCNC(=O)CCCS(=O)(=O)NC(=O)c2cccc(NC(=O)[C@@H]3C[C@H](S)CN3C(=O)O)c2)c1. The van der Waals surface area contributed by atoms with Crippen molar-refractivity contribution >= 4 is 69.8 Å². The van der Waals surface area contributed by atoms with Crippen LogP contribution in [-0.2, 0) is 45.2 Å². The first-order chi connectivity index (χ1) is 33.2. The van der Waals surface area contributed by atoms with Crippen LogP contribution in [0, 0.1) is 5.41 Å². The minimum atomic E-state index is -4.17. The molecule has 0 radical (unpaired) electrons. The number of anilines is 1. The number of amides is 5. The molecule has 3 aromatic carbocycles. The highest BCUT2D eigenvalue weighted by molar-refractivity contribution is 7.90. The molecule has 70 heavy (non-hydrogen) atoms. The van der Waals surface area contributed by atoms with Crippen molar-refractivity contribution in [3.63, 3.8) is 0 Å². The van der Waals surface area contributed by atoms with E-state index in [1.54, 1.807) is 51.3 Å². The summed E-state index contributed by atoms with van der Waals surface area (Å²) in [6.07, 6.45) is 0.813. The van der Waals surface area contributed by atoms with E-state index in [4.69, 9.17) is 18.9 Å². The Morgan fingerprint density at radius 1 is 0.914 bits per heavy atom. The number of esters is 1. The number of hydrogen-bond acceptors (Lipinski definition) is 14. The van der Waals surface area contributed by atoms with E-state index in [-0.39, 0.29) is 62.0 Å². The topological polar surface area (TPSA) is 253 Å². The summed E-state index contributed by atoms with van der Waals surface area (Å²) in [4.78, 5) is 93.0. The van der Waals surface area contributed by atoms with Crippen molar-refractivity contribution in [1.29, 1.82) is 0 Å². The molecule has 0 spiro atoms. The number of hydrogen-bond donors (Lipinski definition) is 5. The summed E-state index contributed by atoms with van der Waals surface area (Å²) in [6.45, 7) is 5.71. The lowest BCUT2D eigenvalue weighted by Gasteiger charge is -2.36. The number of sulfonamides is 1. The standard InChI is InChI=1S/C49H63N5O14S2/c1-6-49(2,3)43(56)46(59)53-23-8-7-16-37(53)47(60)68-39(20-18-31-19-21-40(65-4)41(26-31)66-5)32-12-10-15-35(28-32)67-24-22-50-42(55)17-11-25-70(63,64)52-44(57)33-13-9-14-34(27-33)51-45(58)38-29-36(69)30-54(38)48(61)62/h9-10,12-15,19,21,26-28,36-39,69H,6-8,11,16-18,20,22-25,29-30H2,1-5H3,(H,50,55)(H,51,58)(H,52,57)(H,61,62)/t36-,37-,38-,39+/m0/s1. The number of rotatable bonds is 23. The number of thiol groups is 1. The second-order valence-electron chi connectivity index (χ2n) is 17.8. The van der Waals surface area contributed by atoms with Gasteiger partial charge in [-0.3, -0.25) is 28.9 Å². The van der Waals surface area contributed by atoms with Crippen molar-refractivity contribution in [1.82, 2.24) is 19.8 Å². The van der Waals surface area contributed by atoms with Crippen LogP contribution in [0.4, 0.5) is 10.5 Å². The van der Waals surface area contributed by atoms with Crippen molar-refractivity contribution in [3.8, 4) is 17.2 Å². The lowest BCUT2D eigenvalue weighted by Crippen LogP contribution is -2.53. The highest BCUT2D eigenvalue weighted by atomic mass is 32.2. The first-order valence-corrected chi connectivity index (χ1v) is 25.3. The van der Waals surface area contributed by atoms with Gasteiger partial charge in [-0.15, -0.1) is 0 Å². The van der Waals surface area contributed by atoms with E-state index in [1.807, 2.05) is 23.8 Å². The average Bonchev–Trinajstić information content (AvgIpc) is 3.75. The van der Waals surface area contributed by atoms with Gasteiger partial charge in [-0.1, -0.05) is 45.0 Å². The zero-order valence-electron chi connectivity index (χ0n) is 40.1. The molecular weight excluding hydrogens is 947 g/mol. The van der Waals surface area contributed by atoms with Crippen molar-refractivity contribution in [2.45, 2.75) is 102 Å². The Kier molecular flexibility index (Phi) is 19.5. The van der Waals surface area contributed by atoms with Crippen LogP contribution >= 0.6 is 12.6 Å². The number of carbonyl (C=O) groups is 7. The maximum absolute atomic E-state index is 14.0. The molecule has 5 rings (SSSR count). The van der Waals surface area contributed by atoms with Crippen LogP contribution in [0.2, 0.25) is 0 Å². The molecule has 0 aliphatic carbocycles. The Morgan fingerprint density at radius 3 is 2.37 bits per heavy atom. The smallest absolute Gasteiger partial charge is 0.408 e. The number of carboxylic acid groups (broad SMARTS) is 1. The fourth-order valence-electron chi connectivity index (χ4n) is 8.01. The molecule has 0 saturated carbocycles. The van der Waals surface area contributed by atoms with Gasteiger partial charge in [0, 0.05) is 41.4 Å². The first kappa shape index (κ1) is 54.6. The summed E-state index contributed by atoms with van der Waals surface area (Å²) >= 11 is 4.29. The number of benzene rings is 3. The maximum Gasteiger partial charge on any atom is 0.408 e. The van der Waals surface area contributed by atoms with E-state index in [9.17, 15) is 47.1 Å². The van der Waals surface area contributed by atoms with E-state index < -0.39 is 80.9 Å². The van der Waals surface area contributed by atoms with E-state index in [0.29, 0.717) is 61.3 Å². The predicted molar refractivity (Wildman–Crippen MR) is 262 cm³/mol. The summed E-state index contributed by atoms with van der Waals surface area (Å²) in [5.41, 5.74) is 0.702. The molecular formula is C49H63N5O14S2. The number of likely N-dealkylation sites (tertiary alicyclic amines) is 2. The Labute approximate surface area is 413 Å². The maximum atomic E-state index is 14.0. The average molecular weight is 1010 g/mol. The van der Waals surface area contributed by atoms with Gasteiger partial charge in [-0.05, 0) is 105 Å². The van der Waals surface area contributed by atoms with Crippen molar-refractivity contribution in [2.75, 3.05) is 51.5 Å². The van der Waals surface area contributed by atoms with Gasteiger partial charge >= 0.3 is 12.1 Å². The summed E-state index contributed by atoms with van der Waals surface area (Å²) in [5, 5.41) is 14.4. The molecule has 380 valence electrons. The van der Waals surface area contributed by atoms with Gasteiger partial charge in [0.05, 0.1) is 26.5 Å². The molecule has 19 nitrogen and oxygen atoms in total. The third-order valence-corrected chi connectivity index (χ3v) is 14.0. The number of nitrogens with zero attached hydrogens (tertiary/aromatic N) is 2. The summed E-state index contributed by atoms with van der Waals surface area (Å²) in [5.74, 6) is -2.90. The van der Waals surface area contributed by atoms with Gasteiger partial charge in [-0.2, -0.15) is 12.6 Å². The van der Waals surface area contributed by atoms with E-state index in [0.717, 1.165) is 10.5 Å². The molecule has 2 fully saturated rings. The molecule has 3 aromatic rings. The van der Waals surface area contributed by atoms with Crippen LogP contribution in [0.3, 0.4) is 0 Å². The first-order valence-electron chi connectivity index (χ1n) is 23.1. The summed E-state index contributed by atoms with van der Waals surface area (Å²) in [6, 6.07) is 16.1. The van der Waals surface area contributed by atoms with Crippen LogP contribution in [0.15, 0.2) is 66.7 Å². The molecule has 2 aliphatic heterocycles. The van der Waals surface area contributed by atoms with E-state index in [1.165, 1.54) is 36.3 Å². The van der Waals surface area contributed by atoms with Crippen molar-refractivity contribution < 1.29 is 66.0 Å². The van der Waals surface area contributed by atoms with Crippen molar-refractivity contribution in [3.05, 3.63) is 83.4 Å². The number of Topliss-reactive ketones (excluding diaryl/α,β-unsaturated/α-hetero) is 1. The second-order valence-corrected chi connectivity index (χ2v) is 20.3. The van der Waals surface area contributed by atoms with E-state index >= 15 is 0 Å². The number of ketones is 1.